The van der Waals surface area contributed by atoms with E-state index >= 15 is 0 Å². The van der Waals surface area contributed by atoms with E-state index in [9.17, 15) is 13.2 Å². The number of hydrogen-bond acceptors (Lipinski definition) is 5. The average molecular weight is 366 g/mol. The van der Waals surface area contributed by atoms with Gasteiger partial charge in [-0.15, -0.1) is 11.3 Å². The van der Waals surface area contributed by atoms with E-state index in [1.165, 1.54) is 31.4 Å². The van der Waals surface area contributed by atoms with Crippen LogP contribution in [-0.2, 0) is 14.8 Å². The van der Waals surface area contributed by atoms with Crippen LogP contribution in [0.4, 0.5) is 5.69 Å². The fourth-order valence-corrected chi connectivity index (χ4v) is 4.21. The van der Waals surface area contributed by atoms with Gasteiger partial charge in [0.05, 0.1) is 17.8 Å². The first-order valence-electron chi connectivity index (χ1n) is 5.49. The van der Waals surface area contributed by atoms with Crippen molar-refractivity contribution in [1.29, 1.82) is 0 Å². The van der Waals surface area contributed by atoms with E-state index in [1.807, 2.05) is 0 Å². The third-order valence-corrected chi connectivity index (χ3v) is 5.44. The van der Waals surface area contributed by atoms with Crippen LogP contribution in [-0.4, -0.2) is 21.5 Å². The lowest BCUT2D eigenvalue weighted by Crippen LogP contribution is -2.15. The number of halogens is 2. The number of thiophene rings is 1. The number of carbonyl (C=O) groups excluding carboxylic acids is 1. The topological polar surface area (TPSA) is 72.5 Å². The summed E-state index contributed by atoms with van der Waals surface area (Å²) in [6, 6.07) is 5.50. The molecule has 0 unspecified atom stereocenters. The molecule has 0 saturated carbocycles. The Morgan fingerprint density at radius 3 is 2.62 bits per heavy atom. The molecule has 0 aliphatic heterocycles. The van der Waals surface area contributed by atoms with E-state index in [0.29, 0.717) is 5.02 Å². The number of nitrogens with one attached hydrogen (secondary N) is 1. The second-order valence-electron chi connectivity index (χ2n) is 3.84. The van der Waals surface area contributed by atoms with Gasteiger partial charge in [0.1, 0.15) is 9.77 Å². The molecule has 2 aromatic rings. The Morgan fingerprint density at radius 2 is 2.00 bits per heavy atom. The summed E-state index contributed by atoms with van der Waals surface area (Å²) in [5.41, 5.74) is 0.137. The zero-order chi connectivity index (χ0) is 15.6. The van der Waals surface area contributed by atoms with E-state index in [1.54, 1.807) is 5.38 Å². The van der Waals surface area contributed by atoms with Gasteiger partial charge < -0.3 is 4.74 Å². The van der Waals surface area contributed by atoms with Crippen molar-refractivity contribution < 1.29 is 17.9 Å². The quantitative estimate of drug-likeness (QED) is 0.839. The predicted molar refractivity (Wildman–Crippen MR) is 82.9 cm³/mol. The van der Waals surface area contributed by atoms with E-state index < -0.39 is 16.0 Å². The van der Waals surface area contributed by atoms with Crippen LogP contribution in [0, 0.1) is 0 Å². The van der Waals surface area contributed by atoms with E-state index in [0.717, 1.165) is 11.3 Å². The minimum Gasteiger partial charge on any atom is -0.465 e. The normalized spacial score (nSPS) is 11.2. The van der Waals surface area contributed by atoms with Crippen LogP contribution in [0.25, 0.3) is 0 Å². The zero-order valence-corrected chi connectivity index (χ0v) is 13.7. The highest BCUT2D eigenvalue weighted by atomic mass is 35.5. The van der Waals surface area contributed by atoms with Gasteiger partial charge in [-0.05, 0) is 29.6 Å². The molecule has 0 fully saturated rings. The van der Waals surface area contributed by atoms with Crippen LogP contribution in [0.15, 0.2) is 34.5 Å². The molecule has 1 heterocycles. The summed E-state index contributed by atoms with van der Waals surface area (Å²) < 4.78 is 31.5. The molecule has 0 radical (unpaired) electrons. The summed E-state index contributed by atoms with van der Waals surface area (Å²) in [4.78, 5) is 11.6. The number of anilines is 1. The first-order chi connectivity index (χ1) is 9.85. The van der Waals surface area contributed by atoms with Crippen molar-refractivity contribution in [2.45, 2.75) is 4.90 Å². The number of hydrogen-bond donors (Lipinski definition) is 1. The molecule has 0 bridgehead atoms. The first-order valence-corrected chi connectivity index (χ1v) is 8.60. The Kier molecular flexibility index (Phi) is 4.77. The van der Waals surface area contributed by atoms with E-state index in [4.69, 9.17) is 23.2 Å². The molecular formula is C12H9Cl2NO4S2. The molecule has 2 rings (SSSR count). The Morgan fingerprint density at radius 1 is 1.29 bits per heavy atom. The maximum atomic E-state index is 12.3. The molecule has 21 heavy (non-hydrogen) atoms. The third-order valence-electron chi connectivity index (χ3n) is 2.46. The van der Waals surface area contributed by atoms with Crippen LogP contribution in [0.2, 0.25) is 10.0 Å². The Hall–Kier alpha value is -1.28. The molecule has 0 amide bonds. The molecule has 9 heteroatoms. The number of methoxy groups -OCH3 is 1. The molecule has 1 aromatic heterocycles. The largest absolute Gasteiger partial charge is 0.465 e. The average Bonchev–Trinajstić information content (AvgIpc) is 2.84. The van der Waals surface area contributed by atoms with Crippen LogP contribution in [0.3, 0.4) is 0 Å². The fraction of sp³-hybridized carbons (Fsp3) is 0.0833. The van der Waals surface area contributed by atoms with E-state index in [-0.39, 0.29) is 20.5 Å². The van der Waals surface area contributed by atoms with Crippen molar-refractivity contribution in [1.82, 2.24) is 0 Å². The summed E-state index contributed by atoms with van der Waals surface area (Å²) >= 11 is 12.7. The summed E-state index contributed by atoms with van der Waals surface area (Å²) in [5.74, 6) is -0.620. The molecule has 5 nitrogen and oxygen atoms in total. The molecule has 112 valence electrons. The lowest BCUT2D eigenvalue weighted by atomic mass is 10.4. The lowest BCUT2D eigenvalue weighted by molar-refractivity contribution is 0.0607. The van der Waals surface area contributed by atoms with E-state index in [2.05, 4.69) is 9.46 Å². The number of carbonyl (C=O) groups is 1. The van der Waals surface area contributed by atoms with Crippen LogP contribution < -0.4 is 4.72 Å². The van der Waals surface area contributed by atoms with Crippen molar-refractivity contribution in [3.63, 3.8) is 0 Å². The molecule has 0 aliphatic carbocycles. The molecule has 1 N–H and O–H groups in total. The fourth-order valence-electron chi connectivity index (χ4n) is 1.53. The van der Waals surface area contributed by atoms with Gasteiger partial charge in [-0.2, -0.15) is 0 Å². The minimum absolute atomic E-state index is 0.00940. The molecule has 0 atom stereocenters. The Balaban J connectivity index is 2.38. The minimum atomic E-state index is -3.94. The predicted octanol–water partition coefficient (Wildman–Crippen LogP) is 3.64. The number of esters is 1. The van der Waals surface area contributed by atoms with Crippen molar-refractivity contribution in [2.24, 2.45) is 0 Å². The zero-order valence-electron chi connectivity index (χ0n) is 10.6. The van der Waals surface area contributed by atoms with Gasteiger partial charge in [0.2, 0.25) is 0 Å². The van der Waals surface area contributed by atoms with Gasteiger partial charge in [-0.1, -0.05) is 23.2 Å². The van der Waals surface area contributed by atoms with Crippen LogP contribution in [0.1, 0.15) is 9.67 Å². The van der Waals surface area contributed by atoms with Crippen LogP contribution >= 0.6 is 34.5 Å². The summed E-state index contributed by atoms with van der Waals surface area (Å²) in [5, 5.41) is 1.89. The van der Waals surface area contributed by atoms with Gasteiger partial charge >= 0.3 is 5.97 Å². The SMILES string of the molecule is COC(=O)c1sccc1NS(=O)(=O)c1ccc(Cl)cc1Cl. The monoisotopic (exact) mass is 365 g/mol. The lowest BCUT2D eigenvalue weighted by Gasteiger charge is -2.09. The highest BCUT2D eigenvalue weighted by Gasteiger charge is 2.22. The molecule has 0 spiro atoms. The van der Waals surface area contributed by atoms with Gasteiger partial charge in [-0.25, -0.2) is 13.2 Å². The van der Waals surface area contributed by atoms with Crippen molar-refractivity contribution in [3.05, 3.63) is 44.6 Å². The summed E-state index contributed by atoms with van der Waals surface area (Å²) in [6.45, 7) is 0. The molecular weight excluding hydrogens is 357 g/mol. The molecule has 1 aromatic carbocycles. The molecule has 0 aliphatic rings. The number of sulfonamides is 1. The maximum Gasteiger partial charge on any atom is 0.350 e. The standard InChI is InChI=1S/C12H9Cl2NO4S2/c1-19-12(16)11-9(4-5-20-11)15-21(17,18)10-3-2-7(13)6-8(10)14/h2-6,15H,1H3. The van der Waals surface area contributed by atoms with Crippen molar-refractivity contribution in [3.8, 4) is 0 Å². The highest BCUT2D eigenvalue weighted by molar-refractivity contribution is 7.92. The van der Waals surface area contributed by atoms with Crippen molar-refractivity contribution in [2.75, 3.05) is 11.8 Å². The smallest absolute Gasteiger partial charge is 0.350 e. The Bertz CT molecular complexity index is 786. The van der Waals surface area contributed by atoms with Gasteiger partial charge in [-0.3, -0.25) is 4.72 Å². The maximum absolute atomic E-state index is 12.3. The highest BCUT2D eigenvalue weighted by Crippen LogP contribution is 2.29. The second-order valence-corrected chi connectivity index (χ2v) is 7.25. The van der Waals surface area contributed by atoms with Gasteiger partial charge in [0.25, 0.3) is 10.0 Å². The van der Waals surface area contributed by atoms with Crippen LogP contribution in [0.5, 0.6) is 0 Å². The van der Waals surface area contributed by atoms with Gasteiger partial charge in [0, 0.05) is 5.02 Å². The summed E-state index contributed by atoms with van der Waals surface area (Å²) in [7, 11) is -2.72. The van der Waals surface area contributed by atoms with Gasteiger partial charge in [0.15, 0.2) is 0 Å². The van der Waals surface area contributed by atoms with Crippen molar-refractivity contribution >= 4 is 56.2 Å². The second kappa shape index (κ2) is 6.23. The number of ether oxygens (including phenoxy) is 1. The summed E-state index contributed by atoms with van der Waals surface area (Å²) in [6.07, 6.45) is 0. The Labute approximate surface area is 135 Å². The first kappa shape index (κ1) is 16.1. The third kappa shape index (κ3) is 3.49. The molecule has 0 saturated heterocycles. The number of rotatable bonds is 4. The number of benzene rings is 1.